The maximum absolute atomic E-state index is 13.2. The second-order valence-electron chi connectivity index (χ2n) is 8.18. The molecule has 172 valence electrons. The highest BCUT2D eigenvalue weighted by molar-refractivity contribution is 7.92. The topological polar surface area (TPSA) is 78.5 Å². The zero-order chi connectivity index (χ0) is 22.9. The summed E-state index contributed by atoms with van der Waals surface area (Å²) in [5.74, 6) is -0.226. The molecule has 0 bridgehead atoms. The van der Waals surface area contributed by atoms with Crippen molar-refractivity contribution in [1.82, 2.24) is 0 Å². The molecular weight excluding hydrogens is 443 g/mol. The first-order chi connectivity index (χ1) is 15.1. The second kappa shape index (κ2) is 8.65. The van der Waals surface area contributed by atoms with Crippen molar-refractivity contribution in [3.8, 4) is 0 Å². The van der Waals surface area contributed by atoms with E-state index in [9.17, 15) is 26.4 Å². The molecule has 0 aromatic heterocycles. The fourth-order valence-electron chi connectivity index (χ4n) is 3.91. The van der Waals surface area contributed by atoms with Crippen molar-refractivity contribution in [2.45, 2.75) is 43.2 Å². The lowest BCUT2D eigenvalue weighted by Gasteiger charge is -2.25. The van der Waals surface area contributed by atoms with Gasteiger partial charge in [-0.1, -0.05) is 12.5 Å². The molecule has 1 saturated heterocycles. The zero-order valence-electron chi connectivity index (χ0n) is 17.3. The largest absolute Gasteiger partial charge is 0.416 e. The number of rotatable bonds is 6. The van der Waals surface area contributed by atoms with Gasteiger partial charge in [0, 0.05) is 30.4 Å². The lowest BCUT2D eigenvalue weighted by atomic mass is 9.85. The minimum absolute atomic E-state index is 0.0726. The molecule has 2 N–H and O–H groups in total. The Balaban J connectivity index is 1.66. The predicted octanol–water partition coefficient (Wildman–Crippen LogP) is 4.85. The van der Waals surface area contributed by atoms with Crippen LogP contribution in [0.1, 0.15) is 37.7 Å². The molecule has 2 fully saturated rings. The Morgan fingerprint density at radius 1 is 0.969 bits per heavy atom. The Morgan fingerprint density at radius 3 is 2.31 bits per heavy atom. The highest BCUT2D eigenvalue weighted by Crippen LogP contribution is 2.35. The molecular formula is C22H24F3N3O3S. The summed E-state index contributed by atoms with van der Waals surface area (Å²) in [5.41, 5.74) is -0.326. The van der Waals surface area contributed by atoms with E-state index >= 15 is 0 Å². The summed E-state index contributed by atoms with van der Waals surface area (Å²) < 4.78 is 67.9. The fourth-order valence-corrected chi connectivity index (χ4v) is 5.21. The number of hydrogen-bond donors (Lipinski definition) is 2. The molecule has 4 rings (SSSR count). The number of nitrogens with one attached hydrogen (secondary N) is 2. The Kier molecular flexibility index (Phi) is 6.07. The second-order valence-corrected chi connectivity index (χ2v) is 9.83. The van der Waals surface area contributed by atoms with Gasteiger partial charge in [-0.3, -0.25) is 9.52 Å². The summed E-state index contributed by atoms with van der Waals surface area (Å²) in [7, 11) is -4.22. The van der Waals surface area contributed by atoms with Crippen molar-refractivity contribution in [3.63, 3.8) is 0 Å². The van der Waals surface area contributed by atoms with E-state index in [1.165, 1.54) is 12.1 Å². The van der Waals surface area contributed by atoms with Crippen LogP contribution in [0.4, 0.5) is 30.2 Å². The first-order valence-electron chi connectivity index (χ1n) is 10.5. The Bertz CT molecular complexity index is 1110. The molecule has 0 radical (unpaired) electrons. The molecule has 10 heteroatoms. The van der Waals surface area contributed by atoms with Gasteiger partial charge in [0.15, 0.2) is 0 Å². The summed E-state index contributed by atoms with van der Waals surface area (Å²) >= 11 is 0. The van der Waals surface area contributed by atoms with Gasteiger partial charge in [0.1, 0.15) is 4.90 Å². The third-order valence-electron chi connectivity index (χ3n) is 5.88. The van der Waals surface area contributed by atoms with Gasteiger partial charge in [-0.05, 0) is 62.1 Å². The first-order valence-corrected chi connectivity index (χ1v) is 12.0. The van der Waals surface area contributed by atoms with Crippen molar-refractivity contribution in [1.29, 1.82) is 0 Å². The fraction of sp³-hybridized carbons (Fsp3) is 0.409. The molecule has 1 amide bonds. The van der Waals surface area contributed by atoms with E-state index in [0.29, 0.717) is 24.5 Å². The number of amides is 1. The van der Waals surface area contributed by atoms with Gasteiger partial charge >= 0.3 is 6.18 Å². The minimum Gasteiger partial charge on any atom is -0.370 e. The lowest BCUT2D eigenvalue weighted by molar-refractivity contribution is -0.137. The van der Waals surface area contributed by atoms with Gasteiger partial charge in [-0.15, -0.1) is 0 Å². The van der Waals surface area contributed by atoms with Crippen molar-refractivity contribution in [2.24, 2.45) is 5.92 Å². The van der Waals surface area contributed by atoms with Gasteiger partial charge in [0.2, 0.25) is 5.91 Å². The molecule has 2 aromatic rings. The molecule has 1 heterocycles. The van der Waals surface area contributed by atoms with Crippen LogP contribution in [0.2, 0.25) is 0 Å². The third kappa shape index (κ3) is 4.85. The normalized spacial score (nSPS) is 17.2. The Morgan fingerprint density at radius 2 is 1.69 bits per heavy atom. The third-order valence-corrected chi connectivity index (χ3v) is 7.29. The molecule has 6 nitrogen and oxygen atoms in total. The molecule has 1 saturated carbocycles. The van der Waals surface area contributed by atoms with Crippen LogP contribution in [0.25, 0.3) is 0 Å². The predicted molar refractivity (Wildman–Crippen MR) is 116 cm³/mol. The summed E-state index contributed by atoms with van der Waals surface area (Å²) in [6.45, 7) is 1.36. The first kappa shape index (κ1) is 22.4. The van der Waals surface area contributed by atoms with Crippen LogP contribution in [0.5, 0.6) is 0 Å². The zero-order valence-corrected chi connectivity index (χ0v) is 18.1. The monoisotopic (exact) mass is 467 g/mol. The molecule has 1 aliphatic heterocycles. The van der Waals surface area contributed by atoms with E-state index in [2.05, 4.69) is 10.0 Å². The number of benzene rings is 2. The van der Waals surface area contributed by atoms with Crippen LogP contribution in [-0.4, -0.2) is 27.4 Å². The quantitative estimate of drug-likeness (QED) is 0.637. The Labute approximate surface area is 184 Å². The van der Waals surface area contributed by atoms with Crippen LogP contribution in [0, 0.1) is 5.92 Å². The number of carbonyl (C=O) groups is 1. The summed E-state index contributed by atoms with van der Waals surface area (Å²) in [4.78, 5) is 14.2. The standard InChI is InChI=1S/C22H24F3N3O3S/c23-22(24,25)16-7-4-8-18(13-16)27-32(30,31)20-14-17(26-21(29)15-5-3-6-15)9-10-19(20)28-11-1-2-12-28/h4,7-10,13-15,27H,1-3,5-6,11-12H2,(H,26,29). The van der Waals surface area contributed by atoms with Crippen molar-refractivity contribution in [2.75, 3.05) is 28.0 Å². The van der Waals surface area contributed by atoms with Crippen LogP contribution in [0.3, 0.4) is 0 Å². The van der Waals surface area contributed by atoms with Crippen LogP contribution < -0.4 is 14.9 Å². The lowest BCUT2D eigenvalue weighted by Crippen LogP contribution is -2.28. The van der Waals surface area contributed by atoms with Crippen molar-refractivity contribution < 1.29 is 26.4 Å². The highest BCUT2D eigenvalue weighted by Gasteiger charge is 2.31. The molecule has 0 unspecified atom stereocenters. The van der Waals surface area contributed by atoms with Gasteiger partial charge in [0.25, 0.3) is 10.0 Å². The minimum atomic E-state index is -4.59. The number of alkyl halides is 3. The summed E-state index contributed by atoms with van der Waals surface area (Å²) in [6, 6.07) is 8.73. The SMILES string of the molecule is O=C(Nc1ccc(N2CCCC2)c(S(=O)(=O)Nc2cccc(C(F)(F)F)c2)c1)C1CCC1. The number of sulfonamides is 1. The summed E-state index contributed by atoms with van der Waals surface area (Å²) in [5, 5.41) is 2.77. The van der Waals surface area contributed by atoms with E-state index in [1.807, 2.05) is 4.90 Å². The van der Waals surface area contributed by atoms with E-state index in [0.717, 1.165) is 50.3 Å². The number of carbonyl (C=O) groups excluding carboxylic acids is 1. The van der Waals surface area contributed by atoms with Crippen LogP contribution in [-0.2, 0) is 21.0 Å². The van der Waals surface area contributed by atoms with Crippen LogP contribution >= 0.6 is 0 Å². The Hall–Kier alpha value is -2.75. The molecule has 2 aliphatic rings. The van der Waals surface area contributed by atoms with Gasteiger partial charge < -0.3 is 10.2 Å². The average molecular weight is 468 g/mol. The van der Waals surface area contributed by atoms with Crippen LogP contribution in [0.15, 0.2) is 47.4 Å². The van der Waals surface area contributed by atoms with Gasteiger partial charge in [0.05, 0.1) is 11.3 Å². The van der Waals surface area contributed by atoms with E-state index in [4.69, 9.17) is 0 Å². The summed E-state index contributed by atoms with van der Waals surface area (Å²) in [6.07, 6.45) is -0.151. The van der Waals surface area contributed by atoms with E-state index in [-0.39, 0.29) is 22.4 Å². The maximum atomic E-state index is 13.2. The van der Waals surface area contributed by atoms with E-state index < -0.39 is 21.8 Å². The number of halogens is 3. The van der Waals surface area contributed by atoms with Crippen molar-refractivity contribution >= 4 is 33.0 Å². The van der Waals surface area contributed by atoms with Gasteiger partial charge in [-0.25, -0.2) is 8.42 Å². The van der Waals surface area contributed by atoms with E-state index in [1.54, 1.807) is 12.1 Å². The molecule has 1 aliphatic carbocycles. The highest BCUT2D eigenvalue weighted by atomic mass is 32.2. The molecule has 0 spiro atoms. The maximum Gasteiger partial charge on any atom is 0.416 e. The van der Waals surface area contributed by atoms with Crippen molar-refractivity contribution in [3.05, 3.63) is 48.0 Å². The number of nitrogens with zero attached hydrogens (tertiary/aromatic N) is 1. The number of hydrogen-bond acceptors (Lipinski definition) is 4. The van der Waals surface area contributed by atoms with Gasteiger partial charge in [-0.2, -0.15) is 13.2 Å². The average Bonchev–Trinajstić information content (AvgIpc) is 3.20. The smallest absolute Gasteiger partial charge is 0.370 e. The molecule has 32 heavy (non-hydrogen) atoms. The molecule has 0 atom stereocenters. The molecule has 2 aromatic carbocycles. The number of anilines is 3.